The highest BCUT2D eigenvalue weighted by molar-refractivity contribution is 7.92. The van der Waals surface area contributed by atoms with Crippen molar-refractivity contribution >= 4 is 38.4 Å². The van der Waals surface area contributed by atoms with Crippen LogP contribution in [-0.4, -0.2) is 38.3 Å². The maximum absolute atomic E-state index is 13.7. The fourth-order valence-corrected chi connectivity index (χ4v) is 5.23. The molecule has 0 unspecified atom stereocenters. The molecule has 8 nitrogen and oxygen atoms in total. The first-order valence-electron chi connectivity index (χ1n) is 11.0. The first kappa shape index (κ1) is 22.0. The Morgan fingerprint density at radius 3 is 1.85 bits per heavy atom. The zero-order chi connectivity index (χ0) is 23.7. The molecule has 0 saturated carbocycles. The predicted molar refractivity (Wildman–Crippen MR) is 131 cm³/mol. The molecule has 0 N–H and O–H groups in total. The van der Waals surface area contributed by atoms with Gasteiger partial charge in [-0.3, -0.25) is 0 Å². The average molecular weight is 477 g/mol. The van der Waals surface area contributed by atoms with Crippen LogP contribution < -0.4 is 18.7 Å². The van der Waals surface area contributed by atoms with Crippen molar-refractivity contribution in [2.75, 3.05) is 29.1 Å². The van der Waals surface area contributed by atoms with Gasteiger partial charge in [-0.15, -0.1) is 0 Å². The topological polar surface area (TPSA) is 84.9 Å². The second-order valence-electron chi connectivity index (χ2n) is 7.61. The van der Waals surface area contributed by atoms with Crippen LogP contribution in [0, 0.1) is 0 Å². The monoisotopic (exact) mass is 476 g/mol. The van der Waals surface area contributed by atoms with Gasteiger partial charge < -0.3 is 14.4 Å². The van der Waals surface area contributed by atoms with Gasteiger partial charge in [-0.2, -0.15) is 0 Å². The van der Waals surface area contributed by atoms with Crippen LogP contribution >= 0.6 is 0 Å². The van der Waals surface area contributed by atoms with Crippen LogP contribution in [0.5, 0.6) is 11.5 Å². The Balaban J connectivity index is 1.59. The van der Waals surface area contributed by atoms with Gasteiger partial charge in [0.1, 0.15) is 18.2 Å². The highest BCUT2D eigenvalue weighted by Gasteiger charge is 2.38. The summed E-state index contributed by atoms with van der Waals surface area (Å²) in [4.78, 5) is 11.5. The van der Waals surface area contributed by atoms with E-state index < -0.39 is 10.0 Å². The van der Waals surface area contributed by atoms with Crippen molar-refractivity contribution in [1.29, 1.82) is 0 Å². The number of ether oxygens (including phenoxy) is 2. The van der Waals surface area contributed by atoms with Crippen LogP contribution in [0.15, 0.2) is 77.7 Å². The highest BCUT2D eigenvalue weighted by atomic mass is 32.2. The largest absolute Gasteiger partial charge is 0.494 e. The Morgan fingerprint density at radius 1 is 0.765 bits per heavy atom. The van der Waals surface area contributed by atoms with Crippen molar-refractivity contribution in [3.8, 4) is 11.5 Å². The molecular formula is C25H24N4O4S. The molecule has 2 heterocycles. The normalized spacial score (nSPS) is 13.2. The lowest BCUT2D eigenvalue weighted by Gasteiger charge is -2.21. The Bertz CT molecular complexity index is 1420. The third-order valence-corrected chi connectivity index (χ3v) is 7.21. The van der Waals surface area contributed by atoms with Gasteiger partial charge >= 0.3 is 0 Å². The number of aromatic nitrogens is 2. The Morgan fingerprint density at radius 2 is 1.29 bits per heavy atom. The summed E-state index contributed by atoms with van der Waals surface area (Å²) in [6.45, 7) is 4.93. The van der Waals surface area contributed by atoms with Crippen LogP contribution in [0.25, 0.3) is 11.0 Å². The van der Waals surface area contributed by atoms with E-state index in [0.29, 0.717) is 41.6 Å². The van der Waals surface area contributed by atoms with Gasteiger partial charge in [-0.05, 0) is 74.5 Å². The lowest BCUT2D eigenvalue weighted by Crippen LogP contribution is -2.34. The van der Waals surface area contributed by atoms with Gasteiger partial charge in [-0.1, -0.05) is 12.1 Å². The van der Waals surface area contributed by atoms with Gasteiger partial charge in [0.15, 0.2) is 11.6 Å². The summed E-state index contributed by atoms with van der Waals surface area (Å²) in [5.41, 5.74) is 2.11. The van der Waals surface area contributed by atoms with E-state index in [9.17, 15) is 8.42 Å². The molecule has 0 saturated heterocycles. The summed E-state index contributed by atoms with van der Waals surface area (Å²) < 4.78 is 39.7. The highest BCUT2D eigenvalue weighted by Crippen LogP contribution is 2.42. The first-order chi connectivity index (χ1) is 16.5. The molecule has 1 aromatic heterocycles. The molecule has 1 aliphatic rings. The van der Waals surface area contributed by atoms with Crippen LogP contribution in [0.4, 0.5) is 17.3 Å². The molecule has 4 aromatic rings. The zero-order valence-corrected chi connectivity index (χ0v) is 19.7. The number of fused-ring (bicyclic) bond motifs is 2. The molecule has 3 aromatic carbocycles. The van der Waals surface area contributed by atoms with Crippen molar-refractivity contribution in [2.45, 2.75) is 18.7 Å². The van der Waals surface area contributed by atoms with Gasteiger partial charge in [0.25, 0.3) is 10.0 Å². The minimum absolute atomic E-state index is 0.0508. The predicted octanol–water partition coefficient (Wildman–Crippen LogP) is 4.73. The molecule has 0 spiro atoms. The van der Waals surface area contributed by atoms with E-state index in [-0.39, 0.29) is 11.6 Å². The average Bonchev–Trinajstić information content (AvgIpc) is 3.23. The Kier molecular flexibility index (Phi) is 5.70. The fraction of sp³-hybridized carbons (Fsp3) is 0.200. The summed E-state index contributed by atoms with van der Waals surface area (Å²) >= 11 is 0. The molecule has 0 fully saturated rings. The lowest BCUT2D eigenvalue weighted by molar-refractivity contribution is 0.340. The van der Waals surface area contributed by atoms with Crippen LogP contribution in [0.1, 0.15) is 13.8 Å². The number of anilines is 3. The molecule has 0 bridgehead atoms. The molecule has 1 aliphatic heterocycles. The van der Waals surface area contributed by atoms with E-state index in [2.05, 4.69) is 0 Å². The molecule has 0 amide bonds. The standard InChI is InChI=1S/C25H24N4O4S/c1-3-32-19-11-9-18(10-12-19)28-17-29(25-24(28)26-22-7-5-6-8-23(22)27-25)34(30,31)21-15-13-20(14-16-21)33-4-2/h5-16H,3-4,17H2,1-2H3. The second-order valence-corrected chi connectivity index (χ2v) is 9.48. The van der Waals surface area contributed by atoms with E-state index in [1.54, 1.807) is 24.3 Å². The van der Waals surface area contributed by atoms with Crippen molar-refractivity contribution in [2.24, 2.45) is 0 Å². The number of para-hydroxylation sites is 2. The quantitative estimate of drug-likeness (QED) is 0.381. The molecule has 5 rings (SSSR count). The number of nitrogens with zero attached hydrogens (tertiary/aromatic N) is 4. The third kappa shape index (κ3) is 3.88. The van der Waals surface area contributed by atoms with Crippen LogP contribution in [-0.2, 0) is 10.0 Å². The van der Waals surface area contributed by atoms with Crippen molar-refractivity contribution in [3.05, 3.63) is 72.8 Å². The van der Waals surface area contributed by atoms with Gasteiger partial charge in [0.05, 0.1) is 29.1 Å². The van der Waals surface area contributed by atoms with Crippen molar-refractivity contribution in [3.63, 3.8) is 0 Å². The molecule has 0 atom stereocenters. The molecule has 174 valence electrons. The van der Waals surface area contributed by atoms with Crippen LogP contribution in [0.3, 0.4) is 0 Å². The minimum atomic E-state index is -3.90. The van der Waals surface area contributed by atoms with E-state index in [4.69, 9.17) is 19.4 Å². The summed E-state index contributed by atoms with van der Waals surface area (Å²) in [6.07, 6.45) is 0. The van der Waals surface area contributed by atoms with Gasteiger partial charge in [0.2, 0.25) is 0 Å². The minimum Gasteiger partial charge on any atom is -0.494 e. The fourth-order valence-electron chi connectivity index (χ4n) is 3.88. The molecule has 0 radical (unpaired) electrons. The van der Waals surface area contributed by atoms with Gasteiger partial charge in [-0.25, -0.2) is 22.7 Å². The Labute approximate surface area is 198 Å². The van der Waals surface area contributed by atoms with Gasteiger partial charge in [0, 0.05) is 5.69 Å². The molecular weight excluding hydrogens is 452 g/mol. The number of hydrogen-bond acceptors (Lipinski definition) is 7. The Hall–Kier alpha value is -3.85. The van der Waals surface area contributed by atoms with Crippen LogP contribution in [0.2, 0.25) is 0 Å². The van der Waals surface area contributed by atoms with E-state index in [1.165, 1.54) is 4.31 Å². The van der Waals surface area contributed by atoms with Crippen molar-refractivity contribution < 1.29 is 17.9 Å². The summed E-state index contributed by atoms with van der Waals surface area (Å²) in [5.74, 6) is 2.14. The number of sulfonamides is 1. The first-order valence-corrected chi connectivity index (χ1v) is 12.5. The van der Waals surface area contributed by atoms with Crippen molar-refractivity contribution in [1.82, 2.24) is 9.97 Å². The number of benzene rings is 3. The summed E-state index contributed by atoms with van der Waals surface area (Å²) in [7, 11) is -3.90. The summed E-state index contributed by atoms with van der Waals surface area (Å²) in [6, 6.07) is 21.3. The maximum atomic E-state index is 13.7. The number of hydrogen-bond donors (Lipinski definition) is 0. The third-order valence-electron chi connectivity index (χ3n) is 5.48. The molecule has 34 heavy (non-hydrogen) atoms. The molecule has 0 aliphatic carbocycles. The van der Waals surface area contributed by atoms with E-state index in [0.717, 1.165) is 11.4 Å². The lowest BCUT2D eigenvalue weighted by atomic mass is 10.2. The molecule has 9 heteroatoms. The second kappa shape index (κ2) is 8.83. The van der Waals surface area contributed by atoms with E-state index >= 15 is 0 Å². The zero-order valence-electron chi connectivity index (χ0n) is 18.9. The SMILES string of the molecule is CCOc1ccc(N2CN(S(=O)(=O)c3ccc(OCC)cc3)c3nc4ccccc4nc32)cc1. The summed E-state index contributed by atoms with van der Waals surface area (Å²) in [5, 5.41) is 0. The number of rotatable bonds is 7. The smallest absolute Gasteiger partial charge is 0.267 e. The van der Waals surface area contributed by atoms with E-state index in [1.807, 2.05) is 67.3 Å². The maximum Gasteiger partial charge on any atom is 0.267 e.